The van der Waals surface area contributed by atoms with E-state index in [0.717, 1.165) is 31.4 Å². The molecular weight excluding hydrogens is 232 g/mol. The van der Waals surface area contributed by atoms with Crippen LogP contribution in [0.15, 0.2) is 23.1 Å². The first-order valence-corrected chi connectivity index (χ1v) is 6.42. The second kappa shape index (κ2) is 4.59. The van der Waals surface area contributed by atoms with Crippen LogP contribution in [0, 0.1) is 11.6 Å². The van der Waals surface area contributed by atoms with Crippen molar-refractivity contribution in [3.63, 3.8) is 0 Å². The van der Waals surface area contributed by atoms with Crippen LogP contribution in [-0.4, -0.2) is 15.5 Å². The first-order chi connectivity index (χ1) is 7.59. The van der Waals surface area contributed by atoms with Crippen LogP contribution in [-0.2, 0) is 10.8 Å². The fraction of sp³-hybridized carbons (Fsp3) is 0.455. The fourth-order valence-corrected chi connectivity index (χ4v) is 3.60. The Morgan fingerprint density at radius 2 is 2.00 bits per heavy atom. The summed E-state index contributed by atoms with van der Waals surface area (Å²) in [4.78, 5) is 0.321. The van der Waals surface area contributed by atoms with E-state index in [1.54, 1.807) is 0 Å². The summed E-state index contributed by atoms with van der Waals surface area (Å²) in [5.74, 6) is -1.88. The minimum atomic E-state index is -1.34. The van der Waals surface area contributed by atoms with Gasteiger partial charge in [-0.05, 0) is 31.0 Å². The molecule has 0 aromatic heterocycles. The van der Waals surface area contributed by atoms with E-state index in [0.29, 0.717) is 4.90 Å². The summed E-state index contributed by atoms with van der Waals surface area (Å²) in [6.45, 7) is 0. The number of hydrogen-bond donors (Lipinski definition) is 1. The minimum absolute atomic E-state index is 0.103. The predicted octanol–water partition coefficient (Wildman–Crippen LogP) is 1.95. The van der Waals surface area contributed by atoms with Crippen LogP contribution in [0.4, 0.5) is 8.78 Å². The maximum Gasteiger partial charge on any atom is 0.160 e. The molecule has 1 aliphatic rings. The Kier molecular flexibility index (Phi) is 3.35. The smallest absolute Gasteiger partial charge is 0.160 e. The van der Waals surface area contributed by atoms with E-state index in [-0.39, 0.29) is 11.3 Å². The van der Waals surface area contributed by atoms with Gasteiger partial charge in [-0.1, -0.05) is 6.42 Å². The molecule has 1 saturated carbocycles. The number of hydrogen-bond acceptors (Lipinski definition) is 2. The summed E-state index contributed by atoms with van der Waals surface area (Å²) < 4.78 is 37.8. The molecule has 0 radical (unpaired) electrons. The SMILES string of the molecule is NC1CCCC1S(=O)c1ccc(F)c(F)c1. The van der Waals surface area contributed by atoms with E-state index < -0.39 is 22.4 Å². The monoisotopic (exact) mass is 245 g/mol. The average molecular weight is 245 g/mol. The molecule has 1 fully saturated rings. The zero-order valence-electron chi connectivity index (χ0n) is 8.66. The third-order valence-corrected chi connectivity index (χ3v) is 4.76. The molecule has 0 amide bonds. The zero-order chi connectivity index (χ0) is 11.7. The summed E-state index contributed by atoms with van der Waals surface area (Å²) in [7, 11) is -1.34. The van der Waals surface area contributed by atoms with Crippen LogP contribution in [0.2, 0.25) is 0 Å². The molecule has 1 aromatic rings. The van der Waals surface area contributed by atoms with E-state index in [1.165, 1.54) is 6.07 Å². The van der Waals surface area contributed by atoms with Crippen LogP contribution in [0.1, 0.15) is 19.3 Å². The maximum atomic E-state index is 13.0. The van der Waals surface area contributed by atoms with Crippen molar-refractivity contribution < 1.29 is 13.0 Å². The van der Waals surface area contributed by atoms with E-state index in [2.05, 4.69) is 0 Å². The summed E-state index contributed by atoms with van der Waals surface area (Å²) in [5, 5.41) is -0.134. The van der Waals surface area contributed by atoms with Crippen molar-refractivity contribution >= 4 is 10.8 Å². The van der Waals surface area contributed by atoms with E-state index in [1.807, 2.05) is 0 Å². The molecule has 5 heteroatoms. The third kappa shape index (κ3) is 2.15. The number of nitrogens with two attached hydrogens (primary N) is 1. The summed E-state index contributed by atoms with van der Waals surface area (Å²) >= 11 is 0. The fourth-order valence-electron chi connectivity index (χ4n) is 2.00. The van der Waals surface area contributed by atoms with Crippen molar-refractivity contribution in [1.29, 1.82) is 0 Å². The molecule has 16 heavy (non-hydrogen) atoms. The highest BCUT2D eigenvalue weighted by atomic mass is 32.2. The summed E-state index contributed by atoms with van der Waals surface area (Å²) in [6.07, 6.45) is 2.58. The molecular formula is C11H13F2NOS. The largest absolute Gasteiger partial charge is 0.327 e. The number of rotatable bonds is 2. The first kappa shape index (κ1) is 11.7. The predicted molar refractivity (Wildman–Crippen MR) is 58.4 cm³/mol. The van der Waals surface area contributed by atoms with Crippen molar-refractivity contribution in [3.8, 4) is 0 Å². The molecule has 3 unspecified atom stereocenters. The number of halogens is 2. The van der Waals surface area contributed by atoms with E-state index >= 15 is 0 Å². The Labute approximate surface area is 95.3 Å². The van der Waals surface area contributed by atoms with Gasteiger partial charge >= 0.3 is 0 Å². The summed E-state index contributed by atoms with van der Waals surface area (Å²) in [5.41, 5.74) is 5.82. The third-order valence-electron chi connectivity index (χ3n) is 2.90. The van der Waals surface area contributed by atoms with Crippen LogP contribution >= 0.6 is 0 Å². The molecule has 2 N–H and O–H groups in total. The molecule has 0 heterocycles. The lowest BCUT2D eigenvalue weighted by atomic mass is 10.3. The lowest BCUT2D eigenvalue weighted by molar-refractivity contribution is 0.505. The van der Waals surface area contributed by atoms with Gasteiger partial charge in [0.25, 0.3) is 0 Å². The maximum absolute atomic E-state index is 13.0. The second-order valence-corrected chi connectivity index (χ2v) is 5.68. The Balaban J connectivity index is 2.23. The highest BCUT2D eigenvalue weighted by Crippen LogP contribution is 2.26. The van der Waals surface area contributed by atoms with Gasteiger partial charge in [0, 0.05) is 10.9 Å². The first-order valence-electron chi connectivity index (χ1n) is 5.21. The normalized spacial score (nSPS) is 26.9. The van der Waals surface area contributed by atoms with E-state index in [4.69, 9.17) is 5.73 Å². The topological polar surface area (TPSA) is 43.1 Å². The van der Waals surface area contributed by atoms with Crippen molar-refractivity contribution in [3.05, 3.63) is 29.8 Å². The lowest BCUT2D eigenvalue weighted by Gasteiger charge is -2.14. The van der Waals surface area contributed by atoms with Crippen LogP contribution in [0.25, 0.3) is 0 Å². The van der Waals surface area contributed by atoms with Gasteiger partial charge in [0.1, 0.15) is 0 Å². The summed E-state index contributed by atoms with van der Waals surface area (Å²) in [6, 6.07) is 3.26. The van der Waals surface area contributed by atoms with Gasteiger partial charge in [0.2, 0.25) is 0 Å². The molecule has 2 nitrogen and oxygen atoms in total. The molecule has 88 valence electrons. The van der Waals surface area contributed by atoms with E-state index in [9.17, 15) is 13.0 Å². The molecule has 1 aliphatic carbocycles. The second-order valence-electron chi connectivity index (χ2n) is 4.01. The molecule has 2 rings (SSSR count). The van der Waals surface area contributed by atoms with Gasteiger partial charge in [0.05, 0.1) is 16.0 Å². The Hall–Kier alpha value is -0.810. The van der Waals surface area contributed by atoms with Crippen LogP contribution < -0.4 is 5.73 Å². The van der Waals surface area contributed by atoms with Crippen molar-refractivity contribution in [1.82, 2.24) is 0 Å². The van der Waals surface area contributed by atoms with Gasteiger partial charge < -0.3 is 5.73 Å². The van der Waals surface area contributed by atoms with Crippen molar-refractivity contribution in [2.24, 2.45) is 5.73 Å². The van der Waals surface area contributed by atoms with Crippen LogP contribution in [0.5, 0.6) is 0 Å². The average Bonchev–Trinajstić information content (AvgIpc) is 2.67. The van der Waals surface area contributed by atoms with Crippen molar-refractivity contribution in [2.45, 2.75) is 35.4 Å². The molecule has 1 aromatic carbocycles. The molecule has 0 bridgehead atoms. The van der Waals surface area contributed by atoms with Gasteiger partial charge in [-0.15, -0.1) is 0 Å². The molecule has 0 spiro atoms. The molecule has 0 saturated heterocycles. The van der Waals surface area contributed by atoms with Gasteiger partial charge in [-0.2, -0.15) is 0 Å². The van der Waals surface area contributed by atoms with Crippen LogP contribution in [0.3, 0.4) is 0 Å². The Morgan fingerprint density at radius 3 is 2.56 bits per heavy atom. The Bertz CT molecular complexity index is 424. The van der Waals surface area contributed by atoms with Gasteiger partial charge in [-0.25, -0.2) is 8.78 Å². The number of benzene rings is 1. The minimum Gasteiger partial charge on any atom is -0.327 e. The highest BCUT2D eigenvalue weighted by Gasteiger charge is 2.30. The molecule has 3 atom stereocenters. The lowest BCUT2D eigenvalue weighted by Crippen LogP contribution is -2.32. The quantitative estimate of drug-likeness (QED) is 0.865. The van der Waals surface area contributed by atoms with Crippen molar-refractivity contribution in [2.75, 3.05) is 0 Å². The molecule has 0 aliphatic heterocycles. The van der Waals surface area contributed by atoms with Gasteiger partial charge in [0.15, 0.2) is 11.6 Å². The highest BCUT2D eigenvalue weighted by molar-refractivity contribution is 7.85. The van der Waals surface area contributed by atoms with Gasteiger partial charge in [-0.3, -0.25) is 4.21 Å². The zero-order valence-corrected chi connectivity index (χ0v) is 9.47. The Morgan fingerprint density at radius 1 is 1.25 bits per heavy atom. The standard InChI is InChI=1S/C11H13F2NOS/c12-8-5-4-7(6-9(8)13)16(15)11-3-1-2-10(11)14/h4-6,10-11H,1-3,14H2.